The summed E-state index contributed by atoms with van der Waals surface area (Å²) in [6, 6.07) is 13.6. The number of hydrogen-bond acceptors (Lipinski definition) is 3. The van der Waals surface area contributed by atoms with E-state index in [4.69, 9.17) is 4.74 Å². The Kier molecular flexibility index (Phi) is 6.53. The Morgan fingerprint density at radius 1 is 1.17 bits per heavy atom. The van der Waals surface area contributed by atoms with Crippen LogP contribution < -0.4 is 10.1 Å². The van der Waals surface area contributed by atoms with Crippen molar-refractivity contribution in [3.63, 3.8) is 0 Å². The lowest BCUT2D eigenvalue weighted by Gasteiger charge is -2.11. The van der Waals surface area contributed by atoms with Crippen molar-refractivity contribution in [2.24, 2.45) is 0 Å². The molecular formula is C19H23NO2S. The zero-order valence-electron chi connectivity index (χ0n) is 13.9. The summed E-state index contributed by atoms with van der Waals surface area (Å²) in [5.74, 6) is 0.435. The minimum Gasteiger partial charge on any atom is -0.496 e. The topological polar surface area (TPSA) is 38.3 Å². The van der Waals surface area contributed by atoms with Crippen LogP contribution in [0.2, 0.25) is 0 Å². The van der Waals surface area contributed by atoms with E-state index in [1.807, 2.05) is 30.5 Å². The fourth-order valence-corrected chi connectivity index (χ4v) is 2.75. The van der Waals surface area contributed by atoms with Crippen molar-refractivity contribution in [3.05, 3.63) is 53.6 Å². The normalized spacial score (nSPS) is 10.4. The molecule has 0 aliphatic rings. The van der Waals surface area contributed by atoms with E-state index in [9.17, 15) is 4.79 Å². The zero-order chi connectivity index (χ0) is 16.7. The standard InChI is InChI=1S/C19H23NO2S/c1-4-5-6-14-7-9-15(10-8-14)20-19(21)17-12-11-16(23-3)13-18(17)22-2/h7-13H,4-6H2,1-3H3,(H,20,21). The fraction of sp³-hybridized carbons (Fsp3) is 0.316. The number of carbonyl (C=O) groups excluding carboxylic acids is 1. The van der Waals surface area contributed by atoms with Gasteiger partial charge in [0.15, 0.2) is 0 Å². The average Bonchev–Trinajstić information content (AvgIpc) is 2.60. The molecule has 0 saturated carbocycles. The number of benzene rings is 2. The average molecular weight is 329 g/mol. The summed E-state index contributed by atoms with van der Waals surface area (Å²) in [5.41, 5.74) is 2.64. The second kappa shape index (κ2) is 8.63. The maximum atomic E-state index is 12.5. The highest BCUT2D eigenvalue weighted by Gasteiger charge is 2.13. The van der Waals surface area contributed by atoms with E-state index in [0.29, 0.717) is 11.3 Å². The zero-order valence-corrected chi connectivity index (χ0v) is 14.7. The minimum absolute atomic E-state index is 0.157. The van der Waals surface area contributed by atoms with E-state index >= 15 is 0 Å². The van der Waals surface area contributed by atoms with Gasteiger partial charge in [0.25, 0.3) is 5.91 Å². The Hall–Kier alpha value is -1.94. The van der Waals surface area contributed by atoms with Gasteiger partial charge in [-0.3, -0.25) is 4.79 Å². The lowest BCUT2D eigenvalue weighted by molar-refractivity contribution is 0.102. The molecule has 2 aromatic rings. The van der Waals surface area contributed by atoms with Crippen molar-refractivity contribution < 1.29 is 9.53 Å². The number of methoxy groups -OCH3 is 1. The molecule has 0 atom stereocenters. The molecule has 0 aliphatic carbocycles. The molecule has 1 N–H and O–H groups in total. The third-order valence-corrected chi connectivity index (χ3v) is 4.41. The third-order valence-electron chi connectivity index (χ3n) is 3.68. The quantitative estimate of drug-likeness (QED) is 0.726. The van der Waals surface area contributed by atoms with E-state index < -0.39 is 0 Å². The molecule has 0 heterocycles. The van der Waals surface area contributed by atoms with Gasteiger partial charge < -0.3 is 10.1 Å². The molecule has 0 aliphatic heterocycles. The Balaban J connectivity index is 2.09. The molecule has 0 unspecified atom stereocenters. The molecule has 2 aromatic carbocycles. The SMILES string of the molecule is CCCCc1ccc(NC(=O)c2ccc(SC)cc2OC)cc1. The first-order valence-electron chi connectivity index (χ1n) is 7.80. The molecule has 23 heavy (non-hydrogen) atoms. The molecule has 0 bridgehead atoms. The fourth-order valence-electron chi connectivity index (χ4n) is 2.32. The van der Waals surface area contributed by atoms with Gasteiger partial charge >= 0.3 is 0 Å². The van der Waals surface area contributed by atoms with Crippen LogP contribution in [-0.4, -0.2) is 19.3 Å². The largest absolute Gasteiger partial charge is 0.496 e. The van der Waals surface area contributed by atoms with Gasteiger partial charge in [0.1, 0.15) is 5.75 Å². The van der Waals surface area contributed by atoms with E-state index in [2.05, 4.69) is 24.4 Å². The number of hydrogen-bond donors (Lipinski definition) is 1. The van der Waals surface area contributed by atoms with Crippen molar-refractivity contribution >= 4 is 23.4 Å². The van der Waals surface area contributed by atoms with Crippen molar-refractivity contribution in [2.45, 2.75) is 31.1 Å². The van der Waals surface area contributed by atoms with E-state index in [-0.39, 0.29) is 5.91 Å². The summed E-state index contributed by atoms with van der Waals surface area (Å²) in [5, 5.41) is 2.93. The van der Waals surface area contributed by atoms with E-state index in [0.717, 1.165) is 17.0 Å². The minimum atomic E-state index is -0.157. The highest BCUT2D eigenvalue weighted by atomic mass is 32.2. The lowest BCUT2D eigenvalue weighted by Crippen LogP contribution is -2.13. The molecule has 0 saturated heterocycles. The number of amides is 1. The molecule has 0 fully saturated rings. The molecule has 0 spiro atoms. The van der Waals surface area contributed by atoms with Gasteiger partial charge in [0.05, 0.1) is 12.7 Å². The summed E-state index contributed by atoms with van der Waals surface area (Å²) >= 11 is 1.62. The first-order valence-corrected chi connectivity index (χ1v) is 9.02. The number of ether oxygens (including phenoxy) is 1. The highest BCUT2D eigenvalue weighted by molar-refractivity contribution is 7.98. The molecular weight excluding hydrogens is 306 g/mol. The van der Waals surface area contributed by atoms with Gasteiger partial charge in [0.2, 0.25) is 0 Å². The maximum absolute atomic E-state index is 12.5. The van der Waals surface area contributed by atoms with Crippen LogP contribution in [0.3, 0.4) is 0 Å². The van der Waals surface area contributed by atoms with Crippen LogP contribution in [-0.2, 0) is 6.42 Å². The van der Waals surface area contributed by atoms with Crippen LogP contribution in [0.25, 0.3) is 0 Å². The number of carbonyl (C=O) groups is 1. The molecule has 2 rings (SSSR count). The number of aryl methyl sites for hydroxylation is 1. The summed E-state index contributed by atoms with van der Waals surface area (Å²) in [6.07, 6.45) is 5.44. The van der Waals surface area contributed by atoms with Crippen LogP contribution in [0.1, 0.15) is 35.7 Å². The van der Waals surface area contributed by atoms with Gasteiger partial charge in [-0.15, -0.1) is 11.8 Å². The number of anilines is 1. The smallest absolute Gasteiger partial charge is 0.259 e. The first-order chi connectivity index (χ1) is 11.2. The van der Waals surface area contributed by atoms with Crippen molar-refractivity contribution in [2.75, 3.05) is 18.7 Å². The van der Waals surface area contributed by atoms with Crippen molar-refractivity contribution in [1.82, 2.24) is 0 Å². The predicted octanol–water partition coefficient (Wildman–Crippen LogP) is 5.01. The molecule has 1 amide bonds. The number of nitrogens with one attached hydrogen (secondary N) is 1. The second-order valence-corrected chi connectivity index (χ2v) is 6.20. The molecule has 3 nitrogen and oxygen atoms in total. The van der Waals surface area contributed by atoms with E-state index in [1.165, 1.54) is 18.4 Å². The van der Waals surface area contributed by atoms with Crippen molar-refractivity contribution in [1.29, 1.82) is 0 Å². The molecule has 4 heteroatoms. The monoisotopic (exact) mass is 329 g/mol. The van der Waals surface area contributed by atoms with Crippen LogP contribution in [0.5, 0.6) is 5.75 Å². The summed E-state index contributed by atoms with van der Waals surface area (Å²) in [6.45, 7) is 2.18. The lowest BCUT2D eigenvalue weighted by atomic mass is 10.1. The summed E-state index contributed by atoms with van der Waals surface area (Å²) in [7, 11) is 1.58. The van der Waals surface area contributed by atoms with E-state index in [1.54, 1.807) is 24.9 Å². The van der Waals surface area contributed by atoms with Gasteiger partial charge in [0, 0.05) is 10.6 Å². The number of thioether (sulfide) groups is 1. The Labute approximate surface area is 142 Å². The predicted molar refractivity (Wildman–Crippen MR) is 97.8 cm³/mol. The van der Waals surface area contributed by atoms with Gasteiger partial charge in [-0.1, -0.05) is 25.5 Å². The van der Waals surface area contributed by atoms with Gasteiger partial charge in [-0.05, 0) is 55.0 Å². The Bertz CT molecular complexity index is 653. The summed E-state index contributed by atoms with van der Waals surface area (Å²) in [4.78, 5) is 13.5. The summed E-state index contributed by atoms with van der Waals surface area (Å²) < 4.78 is 5.34. The van der Waals surface area contributed by atoms with Crippen LogP contribution in [0, 0.1) is 0 Å². The van der Waals surface area contributed by atoms with Crippen LogP contribution in [0.4, 0.5) is 5.69 Å². The highest BCUT2D eigenvalue weighted by Crippen LogP contribution is 2.26. The maximum Gasteiger partial charge on any atom is 0.259 e. The number of rotatable bonds is 7. The molecule has 0 radical (unpaired) electrons. The van der Waals surface area contributed by atoms with Crippen molar-refractivity contribution in [3.8, 4) is 5.75 Å². The van der Waals surface area contributed by atoms with Gasteiger partial charge in [-0.2, -0.15) is 0 Å². The molecule has 122 valence electrons. The second-order valence-electron chi connectivity index (χ2n) is 5.32. The Morgan fingerprint density at radius 2 is 1.91 bits per heavy atom. The van der Waals surface area contributed by atoms with Gasteiger partial charge in [-0.25, -0.2) is 0 Å². The molecule has 0 aromatic heterocycles. The van der Waals surface area contributed by atoms with Crippen LogP contribution >= 0.6 is 11.8 Å². The first kappa shape index (κ1) is 17.4. The third kappa shape index (κ3) is 4.76. The van der Waals surface area contributed by atoms with Crippen LogP contribution in [0.15, 0.2) is 47.4 Å². The number of unbranched alkanes of at least 4 members (excludes halogenated alkanes) is 1. The Morgan fingerprint density at radius 3 is 2.52 bits per heavy atom.